The molecule has 0 aromatic carbocycles. The summed E-state index contributed by atoms with van der Waals surface area (Å²) in [6, 6.07) is 10.5. The lowest BCUT2D eigenvalue weighted by Gasteiger charge is -2.17. The summed E-state index contributed by atoms with van der Waals surface area (Å²) in [6.07, 6.45) is 5.19. The fourth-order valence-corrected chi connectivity index (χ4v) is 1.21. The molecule has 0 aliphatic carbocycles. The molecule has 0 aliphatic rings. The Labute approximate surface area is 83.1 Å². The number of hydrogen-bond acceptors (Lipinski definition) is 3. The van der Waals surface area contributed by atoms with Crippen LogP contribution in [0.5, 0.6) is 0 Å². The average Bonchev–Trinajstić information content (AvgIpc) is 2.30. The van der Waals surface area contributed by atoms with Gasteiger partial charge in [0.25, 0.3) is 0 Å². The number of nitrogens with zero attached hydrogens (tertiary/aromatic N) is 3. The lowest BCUT2D eigenvalue weighted by Crippen LogP contribution is -2.10. The van der Waals surface area contributed by atoms with Crippen molar-refractivity contribution in [3.05, 3.63) is 48.9 Å². The van der Waals surface area contributed by atoms with Crippen LogP contribution in [0, 0.1) is 6.07 Å². The van der Waals surface area contributed by atoms with Crippen LogP contribution >= 0.6 is 0 Å². The molecule has 0 fully saturated rings. The Kier molecular flexibility index (Phi) is 2.40. The molecule has 1 radical (unpaired) electrons. The Balaban J connectivity index is 2.30. The minimum atomic E-state index is 0.898. The monoisotopic (exact) mass is 184 g/mol. The van der Waals surface area contributed by atoms with E-state index in [1.54, 1.807) is 18.6 Å². The smallest absolute Gasteiger partial charge is 0.132 e. The summed E-state index contributed by atoms with van der Waals surface area (Å²) >= 11 is 0. The molecule has 3 heteroatoms. The van der Waals surface area contributed by atoms with Crippen LogP contribution < -0.4 is 4.90 Å². The molecule has 2 aromatic heterocycles. The molecule has 2 heterocycles. The maximum atomic E-state index is 4.20. The molecule has 0 atom stereocenters. The highest BCUT2D eigenvalue weighted by Crippen LogP contribution is 2.18. The highest BCUT2D eigenvalue weighted by molar-refractivity contribution is 5.57. The van der Waals surface area contributed by atoms with E-state index in [0.29, 0.717) is 0 Å². The Bertz CT molecular complexity index is 346. The highest BCUT2D eigenvalue weighted by atomic mass is 15.2. The number of rotatable bonds is 2. The van der Waals surface area contributed by atoms with Crippen LogP contribution in [0.3, 0.4) is 0 Å². The maximum Gasteiger partial charge on any atom is 0.132 e. The molecule has 0 saturated carbocycles. The van der Waals surface area contributed by atoms with Gasteiger partial charge in [0.05, 0.1) is 0 Å². The van der Waals surface area contributed by atoms with Crippen LogP contribution in [-0.2, 0) is 0 Å². The van der Waals surface area contributed by atoms with Crippen LogP contribution in [0.2, 0.25) is 0 Å². The van der Waals surface area contributed by atoms with E-state index in [2.05, 4.69) is 16.0 Å². The predicted molar refractivity (Wildman–Crippen MR) is 55.4 cm³/mol. The van der Waals surface area contributed by atoms with Crippen molar-refractivity contribution in [1.29, 1.82) is 0 Å². The summed E-state index contributed by atoms with van der Waals surface area (Å²) in [7, 11) is 1.97. The molecule has 0 saturated heterocycles. The summed E-state index contributed by atoms with van der Waals surface area (Å²) in [5.74, 6) is 0.898. The van der Waals surface area contributed by atoms with E-state index in [0.717, 1.165) is 11.5 Å². The topological polar surface area (TPSA) is 29.0 Å². The van der Waals surface area contributed by atoms with E-state index in [-0.39, 0.29) is 0 Å². The van der Waals surface area contributed by atoms with Crippen molar-refractivity contribution in [3.8, 4) is 0 Å². The first-order valence-corrected chi connectivity index (χ1v) is 4.34. The summed E-state index contributed by atoms with van der Waals surface area (Å²) in [5, 5.41) is 0. The molecule has 14 heavy (non-hydrogen) atoms. The number of hydrogen-bond donors (Lipinski definition) is 0. The van der Waals surface area contributed by atoms with Gasteiger partial charge in [0, 0.05) is 37.4 Å². The Hall–Kier alpha value is -1.90. The van der Waals surface area contributed by atoms with Crippen LogP contribution in [0.15, 0.2) is 42.9 Å². The number of pyridine rings is 2. The number of anilines is 2. The summed E-state index contributed by atoms with van der Waals surface area (Å²) in [5.41, 5.74) is 1.07. The zero-order valence-corrected chi connectivity index (χ0v) is 7.88. The molecule has 0 amide bonds. The van der Waals surface area contributed by atoms with Gasteiger partial charge in [0.1, 0.15) is 5.82 Å². The first-order valence-electron chi connectivity index (χ1n) is 4.34. The minimum absolute atomic E-state index is 0.898. The predicted octanol–water partition coefficient (Wildman–Crippen LogP) is 2.04. The molecular weight excluding hydrogens is 174 g/mol. The summed E-state index contributed by atoms with van der Waals surface area (Å²) in [6.45, 7) is 0. The minimum Gasteiger partial charge on any atom is -0.329 e. The molecule has 2 rings (SSSR count). The first-order chi connectivity index (χ1) is 6.88. The normalized spacial score (nSPS) is 9.79. The standard InChI is InChI=1S/C11H10N3/c1-14(10-5-8-12-9-6-10)11-4-2-3-7-13-11/h2,4-9H,1H3. The SMILES string of the molecule is CN(c1ccncc1)c1cc[c]cn1. The molecule has 69 valence electrons. The Morgan fingerprint density at radius 2 is 2.00 bits per heavy atom. The molecule has 2 aromatic rings. The van der Waals surface area contributed by atoms with E-state index in [9.17, 15) is 0 Å². The molecule has 3 nitrogen and oxygen atoms in total. The van der Waals surface area contributed by atoms with Gasteiger partial charge in [0.2, 0.25) is 0 Å². The number of aromatic nitrogens is 2. The van der Waals surface area contributed by atoms with Crippen LogP contribution in [0.25, 0.3) is 0 Å². The van der Waals surface area contributed by atoms with Crippen molar-refractivity contribution in [2.45, 2.75) is 0 Å². The Morgan fingerprint density at radius 3 is 2.64 bits per heavy atom. The van der Waals surface area contributed by atoms with Crippen molar-refractivity contribution in [3.63, 3.8) is 0 Å². The fourth-order valence-electron chi connectivity index (χ4n) is 1.21. The van der Waals surface area contributed by atoms with Crippen molar-refractivity contribution in [2.24, 2.45) is 0 Å². The van der Waals surface area contributed by atoms with Gasteiger partial charge in [-0.25, -0.2) is 4.98 Å². The van der Waals surface area contributed by atoms with Gasteiger partial charge in [-0.1, -0.05) is 0 Å². The lowest BCUT2D eigenvalue weighted by atomic mass is 10.3. The average molecular weight is 184 g/mol. The highest BCUT2D eigenvalue weighted by Gasteiger charge is 2.02. The molecule has 0 spiro atoms. The largest absolute Gasteiger partial charge is 0.329 e. The van der Waals surface area contributed by atoms with Crippen LogP contribution in [0.1, 0.15) is 0 Å². The van der Waals surface area contributed by atoms with E-state index in [1.165, 1.54) is 0 Å². The Morgan fingerprint density at radius 1 is 1.21 bits per heavy atom. The molecule has 0 unspecified atom stereocenters. The van der Waals surface area contributed by atoms with Crippen LogP contribution in [-0.4, -0.2) is 17.0 Å². The van der Waals surface area contributed by atoms with Crippen molar-refractivity contribution < 1.29 is 0 Å². The van der Waals surface area contributed by atoms with Gasteiger partial charge in [0.15, 0.2) is 0 Å². The van der Waals surface area contributed by atoms with E-state index in [4.69, 9.17) is 0 Å². The summed E-state index contributed by atoms with van der Waals surface area (Å²) in [4.78, 5) is 10.2. The van der Waals surface area contributed by atoms with Crippen molar-refractivity contribution >= 4 is 11.5 Å². The first kappa shape index (κ1) is 8.69. The van der Waals surface area contributed by atoms with Crippen LogP contribution in [0.4, 0.5) is 11.5 Å². The van der Waals surface area contributed by atoms with Gasteiger partial charge in [-0.05, 0) is 24.3 Å². The second-order valence-electron chi connectivity index (χ2n) is 2.88. The van der Waals surface area contributed by atoms with Gasteiger partial charge < -0.3 is 4.90 Å². The zero-order valence-electron chi connectivity index (χ0n) is 7.88. The van der Waals surface area contributed by atoms with Crippen molar-refractivity contribution in [1.82, 2.24) is 9.97 Å². The van der Waals surface area contributed by atoms with E-state index < -0.39 is 0 Å². The third-order valence-corrected chi connectivity index (χ3v) is 1.99. The maximum absolute atomic E-state index is 4.20. The van der Waals surface area contributed by atoms with E-state index in [1.807, 2.05) is 36.2 Å². The quantitative estimate of drug-likeness (QED) is 0.715. The molecule has 0 aliphatic heterocycles. The van der Waals surface area contributed by atoms with Crippen molar-refractivity contribution in [2.75, 3.05) is 11.9 Å². The second-order valence-corrected chi connectivity index (χ2v) is 2.88. The van der Waals surface area contributed by atoms with Gasteiger partial charge in [-0.2, -0.15) is 0 Å². The summed E-state index contributed by atoms with van der Waals surface area (Å²) < 4.78 is 0. The fraction of sp³-hybridized carbons (Fsp3) is 0.0909. The van der Waals surface area contributed by atoms with Gasteiger partial charge >= 0.3 is 0 Å². The third-order valence-electron chi connectivity index (χ3n) is 1.99. The third kappa shape index (κ3) is 1.71. The van der Waals surface area contributed by atoms with E-state index >= 15 is 0 Å². The zero-order chi connectivity index (χ0) is 9.80. The lowest BCUT2D eigenvalue weighted by molar-refractivity contribution is 1.12. The molecule has 0 N–H and O–H groups in total. The second kappa shape index (κ2) is 3.87. The van der Waals surface area contributed by atoms with Gasteiger partial charge in [-0.15, -0.1) is 0 Å². The molecular formula is C11H10N3. The van der Waals surface area contributed by atoms with Gasteiger partial charge in [-0.3, -0.25) is 4.98 Å². The molecule has 0 bridgehead atoms.